The second kappa shape index (κ2) is 9.51. The van der Waals surface area contributed by atoms with E-state index < -0.39 is 14.6 Å². The van der Waals surface area contributed by atoms with Crippen molar-refractivity contribution in [2.24, 2.45) is 0 Å². The maximum atomic E-state index is 11.9. The molecule has 1 aromatic carbocycles. The number of anilines is 1. The number of hydrogen-bond acceptors (Lipinski definition) is 6. The molecule has 0 radical (unpaired) electrons. The zero-order valence-corrected chi connectivity index (χ0v) is 18.3. The highest BCUT2D eigenvalue weighted by Crippen LogP contribution is 2.35. The minimum absolute atomic E-state index is 0.0495. The van der Waals surface area contributed by atoms with Gasteiger partial charge in [-0.3, -0.25) is 10.5 Å². The van der Waals surface area contributed by atoms with Crippen LogP contribution in [0.3, 0.4) is 0 Å². The lowest BCUT2D eigenvalue weighted by Crippen LogP contribution is -2.38. The lowest BCUT2D eigenvalue weighted by molar-refractivity contribution is -0.711. The Morgan fingerprint density at radius 2 is 1.85 bits per heavy atom. The van der Waals surface area contributed by atoms with Crippen molar-refractivity contribution in [1.82, 2.24) is 9.72 Å². The van der Waals surface area contributed by atoms with Gasteiger partial charge in [-0.05, 0) is 29.3 Å². The van der Waals surface area contributed by atoms with E-state index in [1.165, 1.54) is 16.8 Å². The molecule has 4 aromatic rings. The van der Waals surface area contributed by atoms with Crippen molar-refractivity contribution in [1.29, 1.82) is 0 Å². The molecule has 11 heteroatoms. The predicted octanol–water partition coefficient (Wildman–Crippen LogP) is 2.08. The molecule has 0 aliphatic rings. The summed E-state index contributed by atoms with van der Waals surface area (Å²) in [6, 6.07) is 18.1. The van der Waals surface area contributed by atoms with Crippen LogP contribution in [-0.2, 0) is 28.8 Å². The molecule has 0 saturated heterocycles. The molecule has 3 heterocycles. The minimum Gasteiger partial charge on any atom is -0.356 e. The first-order valence-electron chi connectivity index (χ1n) is 9.96. The first-order chi connectivity index (χ1) is 15.8. The fraction of sp³-hybridized carbons (Fsp3) is 0.136. The average molecular weight is 469 g/mol. The van der Waals surface area contributed by atoms with Crippen LogP contribution in [0, 0.1) is 0 Å². The van der Waals surface area contributed by atoms with E-state index in [0.717, 1.165) is 11.1 Å². The summed E-state index contributed by atoms with van der Waals surface area (Å²) in [7, 11) is -4.63. The van der Waals surface area contributed by atoms with Crippen molar-refractivity contribution in [3.63, 3.8) is 0 Å². The molecular weight excluding hydrogens is 447 g/mol. The zero-order valence-electron chi connectivity index (χ0n) is 17.4. The van der Waals surface area contributed by atoms with E-state index in [-0.39, 0.29) is 11.4 Å². The van der Waals surface area contributed by atoms with E-state index in [9.17, 15) is 9.36 Å². The Morgan fingerprint density at radius 1 is 1.09 bits per heavy atom. The molecule has 0 aliphatic carbocycles. The number of pyridine rings is 2. The van der Waals surface area contributed by atoms with Crippen LogP contribution in [0.5, 0.6) is 0 Å². The third kappa shape index (κ3) is 5.82. The number of phosphoric acid groups is 1. The van der Waals surface area contributed by atoms with E-state index in [1.54, 1.807) is 35.0 Å². The molecule has 0 amide bonds. The van der Waals surface area contributed by atoms with Gasteiger partial charge in [0, 0.05) is 24.8 Å². The fourth-order valence-corrected chi connectivity index (χ4v) is 3.58. The molecule has 0 aliphatic heterocycles. The molecule has 10 nitrogen and oxygen atoms in total. The molecule has 0 unspecified atom stereocenters. The van der Waals surface area contributed by atoms with Crippen molar-refractivity contribution in [2.75, 3.05) is 5.73 Å². The molecule has 0 spiro atoms. The van der Waals surface area contributed by atoms with Crippen LogP contribution in [0.15, 0.2) is 82.4 Å². The molecule has 3 aromatic heterocycles. The summed E-state index contributed by atoms with van der Waals surface area (Å²) >= 11 is 0. The normalized spacial score (nSPS) is 11.6. The molecular formula is C22H22N4O6P+. The Hall–Kier alpha value is -3.56. The van der Waals surface area contributed by atoms with Crippen LogP contribution in [0.25, 0.3) is 11.3 Å². The SMILES string of the molecule is Nc1c(-c2cc(Cc3ccc(Cn4ccccc4=O)cc3)no2)ccc[n+]1COP(=O)(O)O. The van der Waals surface area contributed by atoms with Gasteiger partial charge in [0.2, 0.25) is 6.73 Å². The maximum Gasteiger partial charge on any atom is 0.472 e. The largest absolute Gasteiger partial charge is 0.472 e. The van der Waals surface area contributed by atoms with Crippen LogP contribution in [0.2, 0.25) is 0 Å². The number of phosphoric ester groups is 1. The van der Waals surface area contributed by atoms with Crippen molar-refractivity contribution in [3.05, 3.63) is 100 Å². The van der Waals surface area contributed by atoms with Gasteiger partial charge >= 0.3 is 7.82 Å². The highest BCUT2D eigenvalue weighted by molar-refractivity contribution is 7.46. The zero-order chi connectivity index (χ0) is 23.4. The number of nitrogens with two attached hydrogens (primary N) is 1. The lowest BCUT2D eigenvalue weighted by atomic mass is 10.1. The van der Waals surface area contributed by atoms with Crippen LogP contribution >= 0.6 is 7.82 Å². The third-order valence-corrected chi connectivity index (χ3v) is 5.42. The van der Waals surface area contributed by atoms with Crippen molar-refractivity contribution < 1.29 is 28.0 Å². The van der Waals surface area contributed by atoms with Gasteiger partial charge in [0.05, 0.1) is 18.4 Å². The van der Waals surface area contributed by atoms with E-state index in [1.807, 2.05) is 30.3 Å². The summed E-state index contributed by atoms with van der Waals surface area (Å²) in [5, 5.41) is 4.10. The second-order valence-electron chi connectivity index (χ2n) is 7.37. The van der Waals surface area contributed by atoms with Gasteiger partial charge in [-0.15, -0.1) is 0 Å². The maximum absolute atomic E-state index is 11.9. The Labute approximate surface area is 188 Å². The summed E-state index contributed by atoms with van der Waals surface area (Å²) < 4.78 is 23.9. The van der Waals surface area contributed by atoms with Gasteiger partial charge in [-0.1, -0.05) is 35.5 Å². The van der Waals surface area contributed by atoms with E-state index in [2.05, 4.69) is 9.68 Å². The summed E-state index contributed by atoms with van der Waals surface area (Å²) in [4.78, 5) is 29.7. The number of rotatable bonds is 8. The fourth-order valence-electron chi connectivity index (χ4n) is 3.30. The Bertz CT molecular complexity index is 1360. The highest BCUT2D eigenvalue weighted by atomic mass is 31.2. The molecule has 0 fully saturated rings. The van der Waals surface area contributed by atoms with Gasteiger partial charge < -0.3 is 18.9 Å². The number of nitrogens with zero attached hydrogens (tertiary/aromatic N) is 3. The molecule has 4 N–H and O–H groups in total. The molecule has 0 saturated carbocycles. The molecule has 33 heavy (non-hydrogen) atoms. The summed E-state index contributed by atoms with van der Waals surface area (Å²) in [5.41, 5.74) is 9.31. The Morgan fingerprint density at radius 3 is 2.58 bits per heavy atom. The molecule has 0 bridgehead atoms. The van der Waals surface area contributed by atoms with E-state index in [0.29, 0.717) is 30.0 Å². The van der Waals surface area contributed by atoms with Gasteiger partial charge in [0.15, 0.2) is 5.76 Å². The first kappa shape index (κ1) is 22.6. The van der Waals surface area contributed by atoms with Gasteiger partial charge in [-0.25, -0.2) is 13.7 Å². The summed E-state index contributed by atoms with van der Waals surface area (Å²) in [6.07, 6.45) is 3.82. The first-order valence-corrected chi connectivity index (χ1v) is 11.5. The van der Waals surface area contributed by atoms with E-state index >= 15 is 0 Å². The van der Waals surface area contributed by atoms with Crippen LogP contribution in [0.1, 0.15) is 16.8 Å². The van der Waals surface area contributed by atoms with Crippen molar-refractivity contribution in [3.8, 4) is 11.3 Å². The van der Waals surface area contributed by atoms with Gasteiger partial charge in [0.1, 0.15) is 5.56 Å². The predicted molar refractivity (Wildman–Crippen MR) is 119 cm³/mol. The average Bonchev–Trinajstić information content (AvgIpc) is 3.23. The van der Waals surface area contributed by atoms with Crippen LogP contribution in [0.4, 0.5) is 5.82 Å². The van der Waals surface area contributed by atoms with Crippen molar-refractivity contribution >= 4 is 13.6 Å². The smallest absolute Gasteiger partial charge is 0.356 e. The van der Waals surface area contributed by atoms with Crippen LogP contribution < -0.4 is 15.9 Å². The second-order valence-corrected chi connectivity index (χ2v) is 8.61. The lowest BCUT2D eigenvalue weighted by Gasteiger charge is -2.07. The number of hydrogen-bond donors (Lipinski definition) is 3. The van der Waals surface area contributed by atoms with E-state index in [4.69, 9.17) is 20.0 Å². The third-order valence-electron chi connectivity index (χ3n) is 4.96. The Kier molecular flexibility index (Phi) is 6.52. The summed E-state index contributed by atoms with van der Waals surface area (Å²) in [6.45, 7) is 0.0828. The monoisotopic (exact) mass is 469 g/mol. The van der Waals surface area contributed by atoms with Crippen LogP contribution in [-0.4, -0.2) is 19.5 Å². The standard InChI is InChI=1S/C22H21N4O6P/c23-22-19(4-3-11-26(22)15-31-33(28,29)30)20-13-18(24-32-20)12-16-6-8-17(9-7-16)14-25-10-2-1-5-21(25)27/h1-11,13,23H,12,14-15H2,(H2,28,29,30)/p+1. The van der Waals surface area contributed by atoms with Gasteiger partial charge in [0.25, 0.3) is 11.4 Å². The molecule has 170 valence electrons. The number of aromatic nitrogens is 3. The topological polar surface area (TPSA) is 145 Å². The molecule has 0 atom stereocenters. The van der Waals surface area contributed by atoms with Gasteiger partial charge in [-0.2, -0.15) is 0 Å². The number of nitrogen functional groups attached to an aromatic ring is 1. The Balaban J connectivity index is 1.45. The van der Waals surface area contributed by atoms with Crippen molar-refractivity contribution in [2.45, 2.75) is 19.7 Å². The number of benzene rings is 1. The molecule has 4 rings (SSSR count). The quantitative estimate of drug-likeness (QED) is 0.263. The highest BCUT2D eigenvalue weighted by Gasteiger charge is 2.20. The minimum atomic E-state index is -4.63. The summed E-state index contributed by atoms with van der Waals surface area (Å²) in [5.74, 6) is 0.641.